The molecular weight excluding hydrogens is 300 g/mol. The molecular formula is C21H28O3. The maximum Gasteiger partial charge on any atom is 0.184 e. The highest BCUT2D eigenvalue weighted by Crippen LogP contribution is 2.65. The van der Waals surface area contributed by atoms with Crippen LogP contribution in [0.1, 0.15) is 58.8 Å². The van der Waals surface area contributed by atoms with E-state index in [1.807, 2.05) is 6.08 Å². The Hall–Kier alpha value is -1.22. The molecule has 0 aromatic rings. The van der Waals surface area contributed by atoms with Gasteiger partial charge in [0.05, 0.1) is 0 Å². The Bertz CT molecular complexity index is 658. The first kappa shape index (κ1) is 16.3. The summed E-state index contributed by atoms with van der Waals surface area (Å²) >= 11 is 0. The molecule has 0 aliphatic heterocycles. The lowest BCUT2D eigenvalue weighted by Gasteiger charge is -2.57. The number of rotatable bonds is 2. The Labute approximate surface area is 144 Å². The quantitative estimate of drug-likeness (QED) is 0.842. The molecule has 0 radical (unpaired) electrons. The number of aliphatic hydroxyl groups excluding tert-OH is 1. The number of allylic oxidation sites excluding steroid dienone is 3. The molecule has 2 saturated carbocycles. The average Bonchev–Trinajstić information content (AvgIpc) is 2.92. The molecule has 0 aromatic carbocycles. The van der Waals surface area contributed by atoms with Gasteiger partial charge in [0.25, 0.3) is 0 Å². The molecule has 2 fully saturated rings. The van der Waals surface area contributed by atoms with Crippen LogP contribution in [0.15, 0.2) is 23.3 Å². The van der Waals surface area contributed by atoms with Crippen molar-refractivity contribution in [3.05, 3.63) is 23.3 Å². The second-order valence-electron chi connectivity index (χ2n) is 8.86. The van der Waals surface area contributed by atoms with Gasteiger partial charge in [-0.2, -0.15) is 0 Å². The SMILES string of the molecule is C[C@@]12CCC(=O)C=C1CC[C@H]1[C@H]2CC[C@]2(C)C(C(=O)CO)=CC[C@H]12. The minimum absolute atomic E-state index is 0.0525. The Morgan fingerprint density at radius 2 is 1.96 bits per heavy atom. The van der Waals surface area contributed by atoms with Gasteiger partial charge in [0.1, 0.15) is 6.61 Å². The van der Waals surface area contributed by atoms with E-state index < -0.39 is 0 Å². The Morgan fingerprint density at radius 1 is 1.17 bits per heavy atom. The standard InChI is InChI=1S/C21H28O3/c1-20-9-7-14(23)11-13(20)3-4-15-16-5-6-18(19(24)12-22)21(16,2)10-8-17(15)20/h6,11,15-17,22H,3-5,7-10,12H2,1-2H3/t15-,16-,17-,20-,21+/m1/s1. The Morgan fingerprint density at radius 3 is 2.71 bits per heavy atom. The zero-order valence-corrected chi connectivity index (χ0v) is 14.8. The van der Waals surface area contributed by atoms with Crippen molar-refractivity contribution in [2.24, 2.45) is 28.6 Å². The maximum atomic E-state index is 12.2. The van der Waals surface area contributed by atoms with Gasteiger partial charge in [0.15, 0.2) is 11.6 Å². The summed E-state index contributed by atoms with van der Waals surface area (Å²) in [5.41, 5.74) is 2.41. The second kappa shape index (κ2) is 5.39. The highest BCUT2D eigenvalue weighted by Gasteiger charge is 2.57. The third kappa shape index (κ3) is 2.06. The summed E-state index contributed by atoms with van der Waals surface area (Å²) in [6.45, 7) is 4.26. The number of ketones is 2. The first-order chi connectivity index (χ1) is 11.4. The predicted octanol–water partition coefficient (Wildman–Crippen LogP) is 3.62. The molecule has 0 aromatic heterocycles. The molecule has 3 nitrogen and oxygen atoms in total. The van der Waals surface area contributed by atoms with Gasteiger partial charge in [-0.25, -0.2) is 0 Å². The zero-order valence-electron chi connectivity index (χ0n) is 14.8. The van der Waals surface area contributed by atoms with Crippen LogP contribution < -0.4 is 0 Å². The largest absolute Gasteiger partial charge is 0.388 e. The van der Waals surface area contributed by atoms with Crippen molar-refractivity contribution in [2.75, 3.05) is 6.61 Å². The summed E-state index contributed by atoms with van der Waals surface area (Å²) in [4.78, 5) is 24.1. The van der Waals surface area contributed by atoms with Crippen LogP contribution in [0, 0.1) is 28.6 Å². The summed E-state index contributed by atoms with van der Waals surface area (Å²) in [6.07, 6.45) is 11.1. The van der Waals surface area contributed by atoms with E-state index in [4.69, 9.17) is 0 Å². The molecule has 4 aliphatic carbocycles. The van der Waals surface area contributed by atoms with Gasteiger partial charge >= 0.3 is 0 Å². The highest BCUT2D eigenvalue weighted by molar-refractivity contribution is 5.98. The van der Waals surface area contributed by atoms with Crippen molar-refractivity contribution in [3.63, 3.8) is 0 Å². The molecule has 0 spiro atoms. The van der Waals surface area contributed by atoms with Crippen LogP contribution in [0.4, 0.5) is 0 Å². The van der Waals surface area contributed by atoms with Crippen LogP contribution in [0.3, 0.4) is 0 Å². The van der Waals surface area contributed by atoms with Gasteiger partial charge < -0.3 is 5.11 Å². The lowest BCUT2D eigenvalue weighted by Crippen LogP contribution is -2.50. The van der Waals surface area contributed by atoms with E-state index in [1.54, 1.807) is 0 Å². The van der Waals surface area contributed by atoms with Gasteiger partial charge in [-0.05, 0) is 78.8 Å². The highest BCUT2D eigenvalue weighted by atomic mass is 16.3. The molecule has 130 valence electrons. The van der Waals surface area contributed by atoms with Crippen molar-refractivity contribution < 1.29 is 14.7 Å². The summed E-state index contributed by atoms with van der Waals surface area (Å²) in [6, 6.07) is 0. The topological polar surface area (TPSA) is 54.4 Å². The van der Waals surface area contributed by atoms with Crippen molar-refractivity contribution in [1.29, 1.82) is 0 Å². The van der Waals surface area contributed by atoms with Crippen LogP contribution >= 0.6 is 0 Å². The van der Waals surface area contributed by atoms with Crippen LogP contribution in [-0.4, -0.2) is 23.3 Å². The Kier molecular flexibility index (Phi) is 3.65. The first-order valence-electron chi connectivity index (χ1n) is 9.49. The van der Waals surface area contributed by atoms with E-state index in [0.717, 1.165) is 44.1 Å². The van der Waals surface area contributed by atoms with Crippen molar-refractivity contribution >= 4 is 11.6 Å². The molecule has 4 aliphatic rings. The first-order valence-corrected chi connectivity index (χ1v) is 9.49. The number of aliphatic hydroxyl groups is 1. The fourth-order valence-corrected chi connectivity index (χ4v) is 6.64. The van der Waals surface area contributed by atoms with Gasteiger partial charge in [0.2, 0.25) is 0 Å². The molecule has 0 amide bonds. The lowest BCUT2D eigenvalue weighted by atomic mass is 9.47. The van der Waals surface area contributed by atoms with Crippen LogP contribution in [0.25, 0.3) is 0 Å². The van der Waals surface area contributed by atoms with E-state index in [-0.39, 0.29) is 23.2 Å². The summed E-state index contributed by atoms with van der Waals surface area (Å²) in [7, 11) is 0. The molecule has 0 unspecified atom stereocenters. The van der Waals surface area contributed by atoms with Crippen molar-refractivity contribution in [2.45, 2.75) is 58.8 Å². The fraction of sp³-hybridized carbons (Fsp3) is 0.714. The number of carbonyl (C=O) groups is 2. The molecule has 3 heteroatoms. The van der Waals surface area contributed by atoms with Gasteiger partial charge in [0, 0.05) is 6.42 Å². The van der Waals surface area contributed by atoms with Gasteiger partial charge in [-0.1, -0.05) is 25.5 Å². The minimum atomic E-state index is -0.366. The number of Topliss-reactive ketones (excluding diaryl/α,β-unsaturated/α-hetero) is 1. The predicted molar refractivity (Wildman–Crippen MR) is 92.3 cm³/mol. The monoisotopic (exact) mass is 328 g/mol. The van der Waals surface area contributed by atoms with Crippen molar-refractivity contribution in [3.8, 4) is 0 Å². The van der Waals surface area contributed by atoms with E-state index >= 15 is 0 Å². The van der Waals surface area contributed by atoms with E-state index in [1.165, 1.54) is 5.57 Å². The van der Waals surface area contributed by atoms with E-state index in [9.17, 15) is 14.7 Å². The normalized spacial score (nSPS) is 44.1. The third-order valence-electron chi connectivity index (χ3n) is 7.99. The third-order valence-corrected chi connectivity index (χ3v) is 7.99. The molecule has 24 heavy (non-hydrogen) atoms. The molecule has 4 rings (SSSR count). The molecule has 0 bridgehead atoms. The lowest BCUT2D eigenvalue weighted by molar-refractivity contribution is -0.121. The van der Waals surface area contributed by atoms with E-state index in [0.29, 0.717) is 30.0 Å². The van der Waals surface area contributed by atoms with E-state index in [2.05, 4.69) is 19.9 Å². The molecule has 0 saturated heterocycles. The number of hydrogen-bond donors (Lipinski definition) is 1. The number of hydrogen-bond acceptors (Lipinski definition) is 3. The summed E-state index contributed by atoms with van der Waals surface area (Å²) in [5.74, 6) is 2.03. The van der Waals surface area contributed by atoms with Crippen LogP contribution in [0.5, 0.6) is 0 Å². The summed E-state index contributed by atoms with van der Waals surface area (Å²) < 4.78 is 0. The fourth-order valence-electron chi connectivity index (χ4n) is 6.64. The van der Waals surface area contributed by atoms with Gasteiger partial charge in [-0.15, -0.1) is 0 Å². The number of carbonyl (C=O) groups excluding carboxylic acids is 2. The molecule has 5 atom stereocenters. The van der Waals surface area contributed by atoms with Crippen molar-refractivity contribution in [1.82, 2.24) is 0 Å². The Balaban J connectivity index is 1.66. The number of fused-ring (bicyclic) bond motifs is 5. The smallest absolute Gasteiger partial charge is 0.184 e. The maximum absolute atomic E-state index is 12.2. The average molecular weight is 328 g/mol. The van der Waals surface area contributed by atoms with Crippen LogP contribution in [0.2, 0.25) is 0 Å². The van der Waals surface area contributed by atoms with Gasteiger partial charge in [-0.3, -0.25) is 9.59 Å². The zero-order chi connectivity index (χ0) is 17.1. The minimum Gasteiger partial charge on any atom is -0.388 e. The molecule has 1 N–H and O–H groups in total. The summed E-state index contributed by atoms with van der Waals surface area (Å²) in [5, 5.41) is 9.32. The molecule has 0 heterocycles. The van der Waals surface area contributed by atoms with Crippen LogP contribution in [-0.2, 0) is 9.59 Å². The second-order valence-corrected chi connectivity index (χ2v) is 8.86.